The summed E-state index contributed by atoms with van der Waals surface area (Å²) in [6.07, 6.45) is 0. The smallest absolute Gasteiger partial charge is 0.339 e. The van der Waals surface area contributed by atoms with Crippen molar-refractivity contribution in [3.8, 4) is 5.88 Å². The summed E-state index contributed by atoms with van der Waals surface area (Å²) in [6, 6.07) is 12.7. The van der Waals surface area contributed by atoms with Gasteiger partial charge >= 0.3 is 5.97 Å². The third-order valence-corrected chi connectivity index (χ3v) is 2.78. The van der Waals surface area contributed by atoms with Gasteiger partial charge < -0.3 is 14.8 Å². The third kappa shape index (κ3) is 3.26. The van der Waals surface area contributed by atoms with Gasteiger partial charge in [-0.05, 0) is 18.2 Å². The van der Waals surface area contributed by atoms with Gasteiger partial charge in [-0.15, -0.1) is 0 Å². The molecule has 0 saturated carbocycles. The Morgan fingerprint density at radius 1 is 1.15 bits per heavy atom. The van der Waals surface area contributed by atoms with Gasteiger partial charge in [0.25, 0.3) is 0 Å². The second kappa shape index (κ2) is 6.56. The van der Waals surface area contributed by atoms with Crippen LogP contribution in [0.4, 0.5) is 5.69 Å². The van der Waals surface area contributed by atoms with Gasteiger partial charge in [-0.3, -0.25) is 0 Å². The number of anilines is 1. The fourth-order valence-corrected chi connectivity index (χ4v) is 1.78. The van der Waals surface area contributed by atoms with Gasteiger partial charge in [0, 0.05) is 11.8 Å². The van der Waals surface area contributed by atoms with Crippen molar-refractivity contribution < 1.29 is 14.3 Å². The average Bonchev–Trinajstić information content (AvgIpc) is 2.52. The molecule has 1 aromatic carbocycles. The molecular formula is C15H16N2O3. The number of aromatic nitrogens is 1. The number of para-hydroxylation sites is 1. The number of carbonyl (C=O) groups excluding carboxylic acids is 1. The van der Waals surface area contributed by atoms with E-state index < -0.39 is 0 Å². The minimum atomic E-state index is -0.369. The van der Waals surface area contributed by atoms with Gasteiger partial charge in [-0.2, -0.15) is 0 Å². The topological polar surface area (TPSA) is 60.5 Å². The number of hydrogen-bond donors (Lipinski definition) is 1. The molecule has 0 atom stereocenters. The van der Waals surface area contributed by atoms with Gasteiger partial charge in [0.15, 0.2) is 0 Å². The maximum atomic E-state index is 11.6. The zero-order chi connectivity index (χ0) is 14.4. The van der Waals surface area contributed by atoms with Crippen LogP contribution in [0.25, 0.3) is 0 Å². The Morgan fingerprint density at radius 2 is 1.95 bits per heavy atom. The summed E-state index contributed by atoms with van der Waals surface area (Å²) in [6.45, 7) is 0.491. The first-order valence-corrected chi connectivity index (χ1v) is 6.15. The van der Waals surface area contributed by atoms with Crippen molar-refractivity contribution in [2.24, 2.45) is 0 Å². The van der Waals surface area contributed by atoms with Crippen molar-refractivity contribution in [3.63, 3.8) is 0 Å². The summed E-state index contributed by atoms with van der Waals surface area (Å²) in [5, 5.41) is 3.18. The van der Waals surface area contributed by atoms with Crippen LogP contribution in [0, 0.1) is 0 Å². The van der Waals surface area contributed by atoms with Gasteiger partial charge in [0.1, 0.15) is 0 Å². The lowest BCUT2D eigenvalue weighted by Gasteiger charge is -2.10. The van der Waals surface area contributed by atoms with Crippen LogP contribution in [0.5, 0.6) is 5.88 Å². The molecule has 0 aliphatic heterocycles. The Kier molecular flexibility index (Phi) is 4.55. The Balaban J connectivity index is 2.12. The van der Waals surface area contributed by atoms with Crippen LogP contribution in [0.2, 0.25) is 0 Å². The number of carbonyl (C=O) groups is 1. The highest BCUT2D eigenvalue weighted by atomic mass is 16.5. The van der Waals surface area contributed by atoms with E-state index in [-0.39, 0.29) is 5.97 Å². The average molecular weight is 272 g/mol. The van der Waals surface area contributed by atoms with Crippen molar-refractivity contribution in [1.82, 2.24) is 4.98 Å². The summed E-state index contributed by atoms with van der Waals surface area (Å²) < 4.78 is 9.82. The molecule has 1 N–H and O–H groups in total. The predicted octanol–water partition coefficient (Wildman–Crippen LogP) is 2.49. The number of nitrogens with zero attached hydrogens (tertiary/aromatic N) is 1. The number of ether oxygens (including phenoxy) is 2. The van der Waals surface area contributed by atoms with Crippen LogP contribution in [0.1, 0.15) is 16.1 Å². The molecule has 1 aromatic heterocycles. The quantitative estimate of drug-likeness (QED) is 0.847. The zero-order valence-electron chi connectivity index (χ0n) is 11.4. The van der Waals surface area contributed by atoms with Gasteiger partial charge in [0.2, 0.25) is 5.88 Å². The van der Waals surface area contributed by atoms with Crippen molar-refractivity contribution in [2.75, 3.05) is 19.5 Å². The highest BCUT2D eigenvalue weighted by Crippen LogP contribution is 2.17. The maximum Gasteiger partial charge on any atom is 0.339 e. The number of nitrogens with one attached hydrogen (secondary N) is 1. The van der Waals surface area contributed by atoms with Crippen molar-refractivity contribution >= 4 is 11.7 Å². The summed E-state index contributed by atoms with van der Waals surface area (Å²) in [4.78, 5) is 15.9. The number of esters is 1. The lowest BCUT2D eigenvalue weighted by molar-refractivity contribution is 0.0602. The van der Waals surface area contributed by atoms with E-state index in [1.807, 2.05) is 24.3 Å². The van der Waals surface area contributed by atoms with Crippen LogP contribution >= 0.6 is 0 Å². The van der Waals surface area contributed by atoms with E-state index >= 15 is 0 Å². The van der Waals surface area contributed by atoms with E-state index in [0.717, 1.165) is 5.69 Å². The normalized spacial score (nSPS) is 9.90. The van der Waals surface area contributed by atoms with Crippen LogP contribution in [0.3, 0.4) is 0 Å². The first-order valence-electron chi connectivity index (χ1n) is 6.15. The van der Waals surface area contributed by atoms with Crippen molar-refractivity contribution in [1.29, 1.82) is 0 Å². The van der Waals surface area contributed by atoms with Gasteiger partial charge in [0.05, 0.1) is 32.0 Å². The fourth-order valence-electron chi connectivity index (χ4n) is 1.78. The molecule has 2 aromatic rings. The van der Waals surface area contributed by atoms with Crippen LogP contribution in [-0.4, -0.2) is 25.2 Å². The van der Waals surface area contributed by atoms with Gasteiger partial charge in [-0.1, -0.05) is 18.2 Å². The molecule has 20 heavy (non-hydrogen) atoms. The monoisotopic (exact) mass is 272 g/mol. The molecule has 0 amide bonds. The first kappa shape index (κ1) is 13.9. The van der Waals surface area contributed by atoms with E-state index in [1.54, 1.807) is 25.3 Å². The van der Waals surface area contributed by atoms with Crippen molar-refractivity contribution in [3.05, 3.63) is 53.7 Å². The van der Waals surface area contributed by atoms with E-state index in [0.29, 0.717) is 23.7 Å². The van der Waals surface area contributed by atoms with Crippen molar-refractivity contribution in [2.45, 2.75) is 6.54 Å². The Hall–Kier alpha value is -2.56. The highest BCUT2D eigenvalue weighted by molar-refractivity contribution is 5.95. The largest absolute Gasteiger partial charge is 0.481 e. The second-order valence-electron chi connectivity index (χ2n) is 4.06. The summed E-state index contributed by atoms with van der Waals surface area (Å²) >= 11 is 0. The molecular weight excluding hydrogens is 256 g/mol. The zero-order valence-corrected chi connectivity index (χ0v) is 11.4. The molecule has 0 unspecified atom stereocenters. The fraction of sp³-hybridized carbons (Fsp3) is 0.200. The summed E-state index contributed by atoms with van der Waals surface area (Å²) in [7, 11) is 2.94. The molecule has 0 bridgehead atoms. The second-order valence-corrected chi connectivity index (χ2v) is 4.06. The third-order valence-electron chi connectivity index (χ3n) is 2.78. The predicted molar refractivity (Wildman–Crippen MR) is 75.9 cm³/mol. The van der Waals surface area contributed by atoms with Crippen LogP contribution < -0.4 is 10.1 Å². The molecule has 5 nitrogen and oxygen atoms in total. The number of pyridine rings is 1. The molecule has 0 aliphatic carbocycles. The van der Waals surface area contributed by atoms with Crippen LogP contribution in [0.15, 0.2) is 42.5 Å². The standard InChI is InChI=1S/C15H16N2O3/c1-19-14-9-5-6-11(17-14)10-16-13-8-4-3-7-12(13)15(18)20-2/h3-9,16H,10H2,1-2H3. The molecule has 0 radical (unpaired) electrons. The maximum absolute atomic E-state index is 11.6. The molecule has 104 valence electrons. The number of hydrogen-bond acceptors (Lipinski definition) is 5. The number of rotatable bonds is 5. The summed E-state index contributed by atoms with van der Waals surface area (Å²) in [5.74, 6) is 0.192. The molecule has 0 aliphatic rings. The van der Waals surface area contributed by atoms with E-state index in [1.165, 1.54) is 7.11 Å². The van der Waals surface area contributed by atoms with E-state index in [4.69, 9.17) is 9.47 Å². The summed E-state index contributed by atoms with van der Waals surface area (Å²) in [5.41, 5.74) is 2.03. The van der Waals surface area contributed by atoms with Crippen LogP contribution in [-0.2, 0) is 11.3 Å². The van der Waals surface area contributed by atoms with E-state index in [2.05, 4.69) is 10.3 Å². The first-order chi connectivity index (χ1) is 9.74. The molecule has 5 heteroatoms. The molecule has 0 saturated heterocycles. The number of methoxy groups -OCH3 is 2. The minimum absolute atomic E-state index is 0.369. The lowest BCUT2D eigenvalue weighted by Crippen LogP contribution is -2.09. The molecule has 2 rings (SSSR count). The highest BCUT2D eigenvalue weighted by Gasteiger charge is 2.10. The molecule has 1 heterocycles. The molecule has 0 fully saturated rings. The minimum Gasteiger partial charge on any atom is -0.481 e. The Morgan fingerprint density at radius 3 is 2.70 bits per heavy atom. The molecule has 0 spiro atoms. The number of benzene rings is 1. The Labute approximate surface area is 117 Å². The SMILES string of the molecule is COC(=O)c1ccccc1NCc1cccc(OC)n1. The Bertz CT molecular complexity index is 599. The van der Waals surface area contributed by atoms with E-state index in [9.17, 15) is 4.79 Å². The lowest BCUT2D eigenvalue weighted by atomic mass is 10.2. The van der Waals surface area contributed by atoms with Gasteiger partial charge in [-0.25, -0.2) is 9.78 Å².